The normalized spacial score (nSPS) is 10.9. The molecule has 0 fully saturated rings. The Morgan fingerprint density at radius 1 is 1.07 bits per heavy atom. The van der Waals surface area contributed by atoms with Crippen LogP contribution in [0, 0.1) is 0 Å². The van der Waals surface area contributed by atoms with Crippen molar-refractivity contribution in [1.29, 1.82) is 0 Å². The Morgan fingerprint density at radius 2 is 1.85 bits per heavy atom. The van der Waals surface area contributed by atoms with Gasteiger partial charge < -0.3 is 18.6 Å². The number of methoxy groups -OCH3 is 2. The molecule has 0 unspecified atom stereocenters. The highest BCUT2D eigenvalue weighted by atomic mass is 16.6. The van der Waals surface area contributed by atoms with Crippen LogP contribution >= 0.6 is 0 Å². The Kier molecular flexibility index (Phi) is 5.56. The smallest absolute Gasteiger partial charge is 0.343 e. The molecule has 6 heteroatoms. The van der Waals surface area contributed by atoms with Gasteiger partial charge in [0.25, 0.3) is 0 Å². The van der Waals surface area contributed by atoms with Gasteiger partial charge in [-0.1, -0.05) is 12.1 Å². The van der Waals surface area contributed by atoms with E-state index in [0.717, 1.165) is 5.39 Å². The SMILES string of the molecule is COC(=O)COc1ccc(C(=O)C=Cc2cc3cccc(OC)c3o2)cc1. The zero-order valence-electron chi connectivity index (χ0n) is 14.9. The van der Waals surface area contributed by atoms with Gasteiger partial charge >= 0.3 is 5.97 Å². The van der Waals surface area contributed by atoms with Crippen molar-refractivity contribution < 1.29 is 28.2 Å². The minimum Gasteiger partial charge on any atom is -0.493 e. The number of rotatable bonds is 7. The van der Waals surface area contributed by atoms with Gasteiger partial charge in [0.15, 0.2) is 23.7 Å². The maximum Gasteiger partial charge on any atom is 0.343 e. The van der Waals surface area contributed by atoms with Crippen LogP contribution in [0.15, 0.2) is 59.0 Å². The standard InChI is InChI=1S/C21H18O6/c1-24-19-5-3-4-15-12-17(27-21(15)19)10-11-18(22)14-6-8-16(9-7-14)26-13-20(23)25-2/h3-12H,13H2,1-2H3. The van der Waals surface area contributed by atoms with Crippen molar-refractivity contribution in [3.8, 4) is 11.5 Å². The molecule has 1 aromatic heterocycles. The van der Waals surface area contributed by atoms with Gasteiger partial charge in [-0.15, -0.1) is 0 Å². The van der Waals surface area contributed by atoms with Gasteiger partial charge in [0, 0.05) is 10.9 Å². The summed E-state index contributed by atoms with van der Waals surface area (Å²) in [7, 11) is 2.87. The van der Waals surface area contributed by atoms with Crippen LogP contribution in [0.1, 0.15) is 16.1 Å². The van der Waals surface area contributed by atoms with Crippen LogP contribution in [0.25, 0.3) is 17.0 Å². The molecule has 1 heterocycles. The van der Waals surface area contributed by atoms with Crippen LogP contribution in [0.5, 0.6) is 11.5 Å². The molecular formula is C21H18O6. The number of fused-ring (bicyclic) bond motifs is 1. The summed E-state index contributed by atoms with van der Waals surface area (Å²) in [5, 5.41) is 0.897. The molecule has 6 nitrogen and oxygen atoms in total. The second kappa shape index (κ2) is 8.23. The van der Waals surface area contributed by atoms with E-state index < -0.39 is 5.97 Å². The van der Waals surface area contributed by atoms with E-state index in [2.05, 4.69) is 4.74 Å². The summed E-state index contributed by atoms with van der Waals surface area (Å²) >= 11 is 0. The molecule has 0 N–H and O–H groups in total. The van der Waals surface area contributed by atoms with Gasteiger partial charge in [0.1, 0.15) is 11.5 Å². The third-order valence-electron chi connectivity index (χ3n) is 3.87. The predicted molar refractivity (Wildman–Crippen MR) is 100 cm³/mol. The molecule has 2 aromatic carbocycles. The quantitative estimate of drug-likeness (QED) is 0.359. The number of ketones is 1. The van der Waals surface area contributed by atoms with Crippen LogP contribution in [-0.2, 0) is 9.53 Å². The zero-order chi connectivity index (χ0) is 19.2. The minimum atomic E-state index is -0.472. The number of benzene rings is 2. The van der Waals surface area contributed by atoms with Crippen LogP contribution in [0.2, 0.25) is 0 Å². The Bertz CT molecular complexity index is 982. The molecule has 0 spiro atoms. The van der Waals surface area contributed by atoms with Crippen molar-refractivity contribution in [2.24, 2.45) is 0 Å². The lowest BCUT2D eigenvalue weighted by Crippen LogP contribution is -2.12. The number of hydrogen-bond acceptors (Lipinski definition) is 6. The van der Waals surface area contributed by atoms with E-state index >= 15 is 0 Å². The number of hydrogen-bond donors (Lipinski definition) is 0. The van der Waals surface area contributed by atoms with Gasteiger partial charge in [-0.05, 0) is 48.6 Å². The van der Waals surface area contributed by atoms with E-state index in [9.17, 15) is 9.59 Å². The molecule has 0 radical (unpaired) electrons. The van der Waals surface area contributed by atoms with Crippen molar-refractivity contribution in [1.82, 2.24) is 0 Å². The summed E-state index contributed by atoms with van der Waals surface area (Å²) in [4.78, 5) is 23.4. The molecule has 138 valence electrons. The summed E-state index contributed by atoms with van der Waals surface area (Å²) in [6.07, 6.45) is 3.05. The second-order valence-corrected chi connectivity index (χ2v) is 5.61. The van der Waals surface area contributed by atoms with E-state index in [4.69, 9.17) is 13.9 Å². The Labute approximate surface area is 155 Å². The third kappa shape index (κ3) is 4.36. The molecule has 0 saturated heterocycles. The number of allylic oxidation sites excluding steroid dienone is 1. The molecular weight excluding hydrogens is 348 g/mol. The highest BCUT2D eigenvalue weighted by Crippen LogP contribution is 2.29. The number of ether oxygens (including phenoxy) is 3. The van der Waals surface area contributed by atoms with Gasteiger partial charge in [0.05, 0.1) is 14.2 Å². The number of furan rings is 1. The van der Waals surface area contributed by atoms with Gasteiger partial charge in [0.2, 0.25) is 0 Å². The summed E-state index contributed by atoms with van der Waals surface area (Å²) in [5.41, 5.74) is 1.13. The van der Waals surface area contributed by atoms with Crippen molar-refractivity contribution in [3.05, 3.63) is 65.9 Å². The van der Waals surface area contributed by atoms with Crippen molar-refractivity contribution in [3.63, 3.8) is 0 Å². The first-order chi connectivity index (χ1) is 13.1. The lowest BCUT2D eigenvalue weighted by molar-refractivity contribution is -0.142. The molecule has 3 rings (SSSR count). The van der Waals surface area contributed by atoms with Gasteiger partial charge in [-0.25, -0.2) is 4.79 Å². The van der Waals surface area contributed by atoms with Crippen LogP contribution in [0.3, 0.4) is 0 Å². The Balaban J connectivity index is 1.68. The van der Waals surface area contributed by atoms with Gasteiger partial charge in [-0.3, -0.25) is 4.79 Å². The average molecular weight is 366 g/mol. The number of carbonyl (C=O) groups is 2. The van der Waals surface area contributed by atoms with E-state index in [1.165, 1.54) is 13.2 Å². The largest absolute Gasteiger partial charge is 0.493 e. The predicted octanol–water partition coefficient (Wildman–Crippen LogP) is 3.89. The first kappa shape index (κ1) is 18.3. The summed E-state index contributed by atoms with van der Waals surface area (Å²) in [6.45, 7) is -0.181. The minimum absolute atomic E-state index is 0.179. The van der Waals surface area contributed by atoms with Crippen molar-refractivity contribution in [2.45, 2.75) is 0 Å². The highest BCUT2D eigenvalue weighted by Gasteiger charge is 2.08. The average Bonchev–Trinajstić information content (AvgIpc) is 3.13. The third-order valence-corrected chi connectivity index (χ3v) is 3.87. The topological polar surface area (TPSA) is 75.0 Å². The maximum absolute atomic E-state index is 12.3. The van der Waals surface area contributed by atoms with Crippen LogP contribution in [-0.4, -0.2) is 32.6 Å². The molecule has 0 saturated carbocycles. The zero-order valence-corrected chi connectivity index (χ0v) is 14.9. The van der Waals surface area contributed by atoms with Gasteiger partial charge in [-0.2, -0.15) is 0 Å². The molecule has 3 aromatic rings. The first-order valence-electron chi connectivity index (χ1n) is 8.19. The molecule has 0 aliphatic heterocycles. The lowest BCUT2D eigenvalue weighted by atomic mass is 10.1. The summed E-state index contributed by atoms with van der Waals surface area (Å²) in [6, 6.07) is 13.9. The highest BCUT2D eigenvalue weighted by molar-refractivity contribution is 6.06. The molecule has 0 amide bonds. The van der Waals surface area contributed by atoms with E-state index in [1.54, 1.807) is 37.5 Å². The first-order valence-corrected chi connectivity index (χ1v) is 8.19. The second-order valence-electron chi connectivity index (χ2n) is 5.61. The fourth-order valence-electron chi connectivity index (χ4n) is 2.47. The van der Waals surface area contributed by atoms with E-state index in [-0.39, 0.29) is 12.4 Å². The van der Waals surface area contributed by atoms with E-state index in [1.807, 2.05) is 24.3 Å². The van der Waals surface area contributed by atoms with Crippen LogP contribution in [0.4, 0.5) is 0 Å². The lowest BCUT2D eigenvalue weighted by Gasteiger charge is -2.04. The molecule has 27 heavy (non-hydrogen) atoms. The Hall–Kier alpha value is -3.54. The maximum atomic E-state index is 12.3. The Morgan fingerprint density at radius 3 is 2.56 bits per heavy atom. The fourth-order valence-corrected chi connectivity index (χ4v) is 2.47. The molecule has 0 aliphatic carbocycles. The van der Waals surface area contributed by atoms with E-state index in [0.29, 0.717) is 28.4 Å². The number of carbonyl (C=O) groups excluding carboxylic acids is 2. The van der Waals surface area contributed by atoms with Crippen LogP contribution < -0.4 is 9.47 Å². The monoisotopic (exact) mass is 366 g/mol. The molecule has 0 bridgehead atoms. The van der Waals surface area contributed by atoms with Crippen molar-refractivity contribution >= 4 is 28.8 Å². The molecule has 0 aliphatic rings. The number of esters is 1. The summed E-state index contributed by atoms with van der Waals surface area (Å²) in [5.74, 6) is 1.02. The fraction of sp³-hybridized carbons (Fsp3) is 0.143. The van der Waals surface area contributed by atoms with Crippen molar-refractivity contribution in [2.75, 3.05) is 20.8 Å². The summed E-state index contributed by atoms with van der Waals surface area (Å²) < 4.78 is 20.7. The number of para-hydroxylation sites is 1. The molecule has 0 atom stereocenters.